The van der Waals surface area contributed by atoms with Gasteiger partial charge in [-0.1, -0.05) is 18.2 Å². The highest BCUT2D eigenvalue weighted by molar-refractivity contribution is 7.92. The fourth-order valence-electron chi connectivity index (χ4n) is 2.91. The van der Waals surface area contributed by atoms with Crippen LogP contribution >= 0.6 is 0 Å². The van der Waals surface area contributed by atoms with Crippen molar-refractivity contribution < 1.29 is 8.42 Å². The Bertz CT molecular complexity index is 1300. The maximum Gasteiger partial charge on any atom is 0.231 e. The molecule has 0 bridgehead atoms. The Hall–Kier alpha value is -3.86. The highest BCUT2D eigenvalue weighted by Gasteiger charge is 2.11. The molecule has 0 amide bonds. The number of nitrogens with zero attached hydrogens (tertiary/aromatic N) is 3. The molecule has 2 heterocycles. The van der Waals surface area contributed by atoms with Crippen LogP contribution < -0.4 is 21.1 Å². The largest absolute Gasteiger partial charge is 0.399 e. The minimum Gasteiger partial charge on any atom is -0.399 e. The van der Waals surface area contributed by atoms with Gasteiger partial charge in [0.25, 0.3) is 0 Å². The number of aromatic amines is 1. The SMILES string of the molecule is CS(=O)(=O)Nc1cccc(Nc2nc(NCc3cccc(N)c3)c3nc[nH]c3n2)c1. The van der Waals surface area contributed by atoms with Crippen molar-refractivity contribution in [1.29, 1.82) is 0 Å². The first-order chi connectivity index (χ1) is 14.4. The quantitative estimate of drug-likeness (QED) is 0.284. The molecule has 0 atom stereocenters. The fraction of sp³-hybridized carbons (Fsp3) is 0.105. The molecule has 0 spiro atoms. The average molecular weight is 424 g/mol. The molecule has 6 N–H and O–H groups in total. The zero-order valence-corrected chi connectivity index (χ0v) is 16.9. The summed E-state index contributed by atoms with van der Waals surface area (Å²) in [7, 11) is -3.37. The number of hydrogen-bond acceptors (Lipinski definition) is 8. The molecule has 0 saturated carbocycles. The molecule has 0 unspecified atom stereocenters. The summed E-state index contributed by atoms with van der Waals surface area (Å²) in [4.78, 5) is 16.2. The van der Waals surface area contributed by atoms with Gasteiger partial charge in [0.1, 0.15) is 5.52 Å². The highest BCUT2D eigenvalue weighted by atomic mass is 32.2. The predicted molar refractivity (Wildman–Crippen MR) is 118 cm³/mol. The van der Waals surface area contributed by atoms with Crippen LogP contribution in [0.4, 0.5) is 28.8 Å². The maximum atomic E-state index is 11.5. The van der Waals surface area contributed by atoms with Crippen molar-refractivity contribution in [2.24, 2.45) is 0 Å². The number of H-pyrrole nitrogens is 1. The van der Waals surface area contributed by atoms with Gasteiger partial charge < -0.3 is 21.4 Å². The van der Waals surface area contributed by atoms with Gasteiger partial charge in [-0.05, 0) is 35.9 Å². The normalized spacial score (nSPS) is 11.4. The van der Waals surface area contributed by atoms with E-state index in [9.17, 15) is 8.42 Å². The highest BCUT2D eigenvalue weighted by Crippen LogP contribution is 2.23. The molecule has 0 aliphatic rings. The summed E-state index contributed by atoms with van der Waals surface area (Å²) in [5.41, 5.74) is 9.77. The molecule has 30 heavy (non-hydrogen) atoms. The topological polar surface area (TPSA) is 151 Å². The number of sulfonamides is 1. The van der Waals surface area contributed by atoms with Gasteiger partial charge in [-0.3, -0.25) is 4.72 Å². The van der Waals surface area contributed by atoms with Crippen molar-refractivity contribution in [3.63, 3.8) is 0 Å². The Kier molecular flexibility index (Phi) is 5.11. The summed E-state index contributed by atoms with van der Waals surface area (Å²) in [6.07, 6.45) is 2.64. The molecule has 0 aliphatic heterocycles. The monoisotopic (exact) mass is 424 g/mol. The van der Waals surface area contributed by atoms with Gasteiger partial charge >= 0.3 is 0 Å². The summed E-state index contributed by atoms with van der Waals surface area (Å²) in [6.45, 7) is 0.511. The first kappa shape index (κ1) is 19.5. The van der Waals surface area contributed by atoms with E-state index in [4.69, 9.17) is 5.73 Å². The molecule has 0 saturated heterocycles. The summed E-state index contributed by atoms with van der Waals surface area (Å²) in [5.74, 6) is 0.884. The third-order valence-corrected chi connectivity index (χ3v) is 4.72. The Balaban J connectivity index is 1.59. The number of fused-ring (bicyclic) bond motifs is 1. The van der Waals surface area contributed by atoms with Gasteiger partial charge in [0.05, 0.1) is 18.3 Å². The lowest BCUT2D eigenvalue weighted by molar-refractivity contribution is 0.607. The van der Waals surface area contributed by atoms with Gasteiger partial charge in [-0.2, -0.15) is 9.97 Å². The summed E-state index contributed by atoms with van der Waals surface area (Å²) in [5, 5.41) is 6.36. The van der Waals surface area contributed by atoms with E-state index in [0.29, 0.717) is 46.5 Å². The fourth-order valence-corrected chi connectivity index (χ4v) is 3.46. The smallest absolute Gasteiger partial charge is 0.231 e. The van der Waals surface area contributed by atoms with Crippen molar-refractivity contribution in [2.45, 2.75) is 6.54 Å². The molecular weight excluding hydrogens is 404 g/mol. The van der Waals surface area contributed by atoms with Crippen LogP contribution in [0.3, 0.4) is 0 Å². The molecule has 0 fully saturated rings. The first-order valence-electron chi connectivity index (χ1n) is 9.00. The van der Waals surface area contributed by atoms with E-state index in [0.717, 1.165) is 11.8 Å². The van der Waals surface area contributed by atoms with Crippen LogP contribution in [0.5, 0.6) is 0 Å². The van der Waals surface area contributed by atoms with Gasteiger partial charge in [0.15, 0.2) is 11.5 Å². The summed E-state index contributed by atoms with van der Waals surface area (Å²) in [6, 6.07) is 14.4. The second-order valence-electron chi connectivity index (χ2n) is 6.67. The van der Waals surface area contributed by atoms with Gasteiger partial charge in [0.2, 0.25) is 16.0 Å². The molecule has 154 valence electrons. The Morgan fingerprint density at radius 2 is 1.87 bits per heavy atom. The van der Waals surface area contributed by atoms with Crippen molar-refractivity contribution in [3.05, 3.63) is 60.4 Å². The van der Waals surface area contributed by atoms with E-state index in [-0.39, 0.29) is 0 Å². The third-order valence-electron chi connectivity index (χ3n) is 4.11. The van der Waals surface area contributed by atoms with E-state index in [1.807, 2.05) is 24.3 Å². The molecule has 10 nitrogen and oxygen atoms in total. The lowest BCUT2D eigenvalue weighted by Crippen LogP contribution is -2.09. The van der Waals surface area contributed by atoms with Crippen LogP contribution in [-0.2, 0) is 16.6 Å². The molecule has 0 radical (unpaired) electrons. The van der Waals surface area contributed by atoms with Gasteiger partial charge in [0, 0.05) is 17.9 Å². The second kappa shape index (κ2) is 7.87. The number of nitrogens with two attached hydrogens (primary N) is 1. The zero-order valence-electron chi connectivity index (χ0n) is 16.0. The number of aromatic nitrogens is 4. The Labute approximate surface area is 173 Å². The number of benzene rings is 2. The number of nitrogen functional groups attached to an aromatic ring is 1. The van der Waals surface area contributed by atoms with Crippen molar-refractivity contribution in [1.82, 2.24) is 19.9 Å². The van der Waals surface area contributed by atoms with E-state index in [1.54, 1.807) is 30.6 Å². The number of anilines is 5. The van der Waals surface area contributed by atoms with Crippen LogP contribution in [0.15, 0.2) is 54.9 Å². The number of hydrogen-bond donors (Lipinski definition) is 5. The lowest BCUT2D eigenvalue weighted by Gasteiger charge is -2.11. The molecule has 0 aliphatic carbocycles. The summed E-state index contributed by atoms with van der Waals surface area (Å²) < 4.78 is 25.4. The van der Waals surface area contributed by atoms with E-state index in [2.05, 4.69) is 35.3 Å². The zero-order chi connectivity index (χ0) is 21.1. The third kappa shape index (κ3) is 4.75. The lowest BCUT2D eigenvalue weighted by atomic mass is 10.2. The molecule has 2 aromatic carbocycles. The van der Waals surface area contributed by atoms with Crippen molar-refractivity contribution >= 4 is 50.0 Å². The minimum atomic E-state index is -3.37. The first-order valence-corrected chi connectivity index (χ1v) is 10.9. The number of rotatable bonds is 7. The molecule has 11 heteroatoms. The van der Waals surface area contributed by atoms with E-state index >= 15 is 0 Å². The molecule has 4 rings (SSSR count). The average Bonchev–Trinajstić information content (AvgIpc) is 3.14. The standard InChI is InChI=1S/C19H20N8O2S/c1-30(28,29)27-15-7-3-6-14(9-15)24-19-25-17(16-18(26-19)23-11-22-16)21-10-12-4-2-5-13(20)8-12/h2-9,11,27H,10,20H2,1H3,(H3,21,22,23,24,25,26). The molecule has 4 aromatic rings. The van der Waals surface area contributed by atoms with E-state index in [1.165, 1.54) is 0 Å². The van der Waals surface area contributed by atoms with Crippen LogP contribution in [0.1, 0.15) is 5.56 Å². The summed E-state index contributed by atoms with van der Waals surface area (Å²) >= 11 is 0. The van der Waals surface area contributed by atoms with Gasteiger partial charge in [-0.25, -0.2) is 13.4 Å². The number of nitrogens with one attached hydrogen (secondary N) is 4. The number of imidazole rings is 1. The second-order valence-corrected chi connectivity index (χ2v) is 8.42. The van der Waals surface area contributed by atoms with Crippen molar-refractivity contribution in [2.75, 3.05) is 27.3 Å². The Morgan fingerprint density at radius 3 is 2.67 bits per heavy atom. The molecular formula is C19H20N8O2S. The maximum absolute atomic E-state index is 11.5. The van der Waals surface area contributed by atoms with Crippen LogP contribution in [0.2, 0.25) is 0 Å². The predicted octanol–water partition coefficient (Wildman–Crippen LogP) is 2.66. The minimum absolute atomic E-state index is 0.332. The van der Waals surface area contributed by atoms with Crippen LogP contribution in [0.25, 0.3) is 11.2 Å². The van der Waals surface area contributed by atoms with Crippen LogP contribution in [-0.4, -0.2) is 34.6 Å². The van der Waals surface area contributed by atoms with Crippen molar-refractivity contribution in [3.8, 4) is 0 Å². The molecule has 2 aromatic heterocycles. The van der Waals surface area contributed by atoms with Crippen LogP contribution in [0, 0.1) is 0 Å². The Morgan fingerprint density at radius 1 is 1.07 bits per heavy atom. The van der Waals surface area contributed by atoms with Gasteiger partial charge in [-0.15, -0.1) is 0 Å². The van der Waals surface area contributed by atoms with E-state index < -0.39 is 10.0 Å².